The van der Waals surface area contributed by atoms with Gasteiger partial charge in [0, 0.05) is 19.8 Å². The van der Waals surface area contributed by atoms with Gasteiger partial charge >= 0.3 is 0 Å². The third kappa shape index (κ3) is 2.96. The van der Waals surface area contributed by atoms with Gasteiger partial charge in [0.15, 0.2) is 0 Å². The summed E-state index contributed by atoms with van der Waals surface area (Å²) in [6.07, 6.45) is 3.57. The molecule has 1 aliphatic rings. The minimum atomic E-state index is -3.83. The third-order valence-corrected chi connectivity index (χ3v) is 4.28. The molecule has 1 aliphatic carbocycles. The lowest BCUT2D eigenvalue weighted by molar-refractivity contribution is -0.0301. The Kier molecular flexibility index (Phi) is 3.41. The summed E-state index contributed by atoms with van der Waals surface area (Å²) in [5, 5.41) is 17.5. The Morgan fingerprint density at radius 1 is 1.58 bits per heavy atom. The van der Waals surface area contributed by atoms with Gasteiger partial charge in [-0.2, -0.15) is 0 Å². The fourth-order valence-corrected chi connectivity index (χ4v) is 2.59. The van der Waals surface area contributed by atoms with Crippen LogP contribution in [0.15, 0.2) is 17.2 Å². The molecular formula is C11H17N3O4S. The quantitative estimate of drug-likeness (QED) is 0.680. The van der Waals surface area contributed by atoms with Crippen LogP contribution in [-0.2, 0) is 17.1 Å². The second kappa shape index (κ2) is 4.62. The Morgan fingerprint density at radius 3 is 2.63 bits per heavy atom. The Balaban J connectivity index is 2.09. The number of hydrogen-bond acceptors (Lipinski definition) is 4. The van der Waals surface area contributed by atoms with E-state index in [4.69, 9.17) is 5.14 Å². The molecule has 1 fully saturated rings. The fourth-order valence-electron chi connectivity index (χ4n) is 2.01. The zero-order valence-corrected chi connectivity index (χ0v) is 11.4. The number of amides is 1. The van der Waals surface area contributed by atoms with Gasteiger partial charge in [0.25, 0.3) is 5.91 Å². The zero-order chi connectivity index (χ0) is 14.3. The van der Waals surface area contributed by atoms with Gasteiger partial charge < -0.3 is 15.0 Å². The molecule has 4 N–H and O–H groups in total. The van der Waals surface area contributed by atoms with Crippen molar-refractivity contribution in [3.8, 4) is 0 Å². The monoisotopic (exact) mass is 287 g/mol. The first-order chi connectivity index (χ1) is 8.71. The van der Waals surface area contributed by atoms with Gasteiger partial charge in [0.05, 0.1) is 5.60 Å². The van der Waals surface area contributed by atoms with Gasteiger partial charge in [-0.1, -0.05) is 0 Å². The van der Waals surface area contributed by atoms with Gasteiger partial charge in [0.2, 0.25) is 10.0 Å². The summed E-state index contributed by atoms with van der Waals surface area (Å²) in [5.41, 5.74) is -0.629. The molecule has 106 valence electrons. The Morgan fingerprint density at radius 2 is 2.21 bits per heavy atom. The number of primary sulfonamides is 1. The minimum Gasteiger partial charge on any atom is -0.388 e. The molecule has 0 bridgehead atoms. The SMILES string of the molecule is Cn1cc(S(N)(=O)=O)cc1C(=O)NCC1(O)CCC1. The number of aromatic nitrogens is 1. The van der Waals surface area contributed by atoms with E-state index in [0.717, 1.165) is 6.42 Å². The smallest absolute Gasteiger partial charge is 0.268 e. The lowest BCUT2D eigenvalue weighted by atomic mass is 9.80. The number of rotatable bonds is 4. The number of aryl methyl sites for hydroxylation is 1. The number of aliphatic hydroxyl groups is 1. The maximum absolute atomic E-state index is 11.9. The molecule has 1 aromatic rings. The van der Waals surface area contributed by atoms with Crippen molar-refractivity contribution in [2.45, 2.75) is 29.8 Å². The molecule has 0 radical (unpaired) electrons. The molecule has 1 heterocycles. The second-order valence-electron chi connectivity index (χ2n) is 4.98. The Labute approximate surface area is 111 Å². The van der Waals surface area contributed by atoms with Crippen LogP contribution in [0.3, 0.4) is 0 Å². The van der Waals surface area contributed by atoms with Crippen LogP contribution < -0.4 is 10.5 Å². The molecule has 1 amide bonds. The van der Waals surface area contributed by atoms with Gasteiger partial charge in [-0.15, -0.1) is 0 Å². The van der Waals surface area contributed by atoms with Crippen molar-refractivity contribution in [1.82, 2.24) is 9.88 Å². The van der Waals surface area contributed by atoms with Crippen LogP contribution in [0.5, 0.6) is 0 Å². The standard InChI is InChI=1S/C11H17N3O4S/c1-14-6-8(19(12,17)18)5-9(14)10(15)13-7-11(16)3-2-4-11/h5-6,16H,2-4,7H2,1H3,(H,13,15)(H2,12,17,18). The van der Waals surface area contributed by atoms with Crippen LogP contribution in [0, 0.1) is 0 Å². The van der Waals surface area contributed by atoms with Gasteiger partial charge in [0.1, 0.15) is 10.6 Å². The van der Waals surface area contributed by atoms with Crippen LogP contribution in [0.4, 0.5) is 0 Å². The summed E-state index contributed by atoms with van der Waals surface area (Å²) in [7, 11) is -2.27. The fraction of sp³-hybridized carbons (Fsp3) is 0.545. The van der Waals surface area contributed by atoms with Crippen molar-refractivity contribution in [1.29, 1.82) is 0 Å². The van der Waals surface area contributed by atoms with E-state index in [-0.39, 0.29) is 17.1 Å². The number of sulfonamides is 1. The first-order valence-corrected chi connectivity index (χ1v) is 7.46. The van der Waals surface area contributed by atoms with E-state index >= 15 is 0 Å². The molecule has 0 aromatic carbocycles. The van der Waals surface area contributed by atoms with E-state index in [9.17, 15) is 18.3 Å². The first-order valence-electron chi connectivity index (χ1n) is 5.91. The maximum Gasteiger partial charge on any atom is 0.268 e. The molecule has 8 heteroatoms. The topological polar surface area (TPSA) is 114 Å². The molecule has 2 rings (SSSR count). The number of carbonyl (C=O) groups is 1. The average Bonchev–Trinajstić information content (AvgIpc) is 2.65. The summed E-state index contributed by atoms with van der Waals surface area (Å²) < 4.78 is 23.8. The lowest BCUT2D eigenvalue weighted by Crippen LogP contribution is -2.48. The van der Waals surface area contributed by atoms with Crippen molar-refractivity contribution >= 4 is 15.9 Å². The van der Waals surface area contributed by atoms with Crippen molar-refractivity contribution in [3.63, 3.8) is 0 Å². The van der Waals surface area contributed by atoms with Crippen LogP contribution >= 0.6 is 0 Å². The van der Waals surface area contributed by atoms with Crippen molar-refractivity contribution in [2.24, 2.45) is 12.2 Å². The first kappa shape index (κ1) is 14.0. The highest BCUT2D eigenvalue weighted by Gasteiger charge is 2.34. The van der Waals surface area contributed by atoms with E-state index in [1.807, 2.05) is 0 Å². The maximum atomic E-state index is 11.9. The Hall–Kier alpha value is -1.38. The summed E-state index contributed by atoms with van der Waals surface area (Å²) in [5.74, 6) is -0.433. The van der Waals surface area contributed by atoms with Gasteiger partial charge in [-0.05, 0) is 25.3 Å². The molecule has 0 aliphatic heterocycles. The van der Waals surface area contributed by atoms with Gasteiger partial charge in [-0.3, -0.25) is 4.79 Å². The van der Waals surface area contributed by atoms with E-state index < -0.39 is 21.5 Å². The zero-order valence-electron chi connectivity index (χ0n) is 10.6. The van der Waals surface area contributed by atoms with E-state index in [1.54, 1.807) is 7.05 Å². The Bertz CT molecular complexity index is 601. The highest BCUT2D eigenvalue weighted by molar-refractivity contribution is 7.89. The highest BCUT2D eigenvalue weighted by Crippen LogP contribution is 2.30. The molecule has 1 saturated carbocycles. The molecule has 0 saturated heterocycles. The van der Waals surface area contributed by atoms with Crippen molar-refractivity contribution in [2.75, 3.05) is 6.54 Å². The number of hydrogen-bond donors (Lipinski definition) is 3. The van der Waals surface area contributed by atoms with Crippen molar-refractivity contribution < 1.29 is 18.3 Å². The molecule has 1 aromatic heterocycles. The molecule has 0 spiro atoms. The summed E-state index contributed by atoms with van der Waals surface area (Å²) in [4.78, 5) is 11.8. The van der Waals surface area contributed by atoms with Crippen LogP contribution in [0.25, 0.3) is 0 Å². The van der Waals surface area contributed by atoms with Crippen LogP contribution in [0.1, 0.15) is 29.8 Å². The van der Waals surface area contributed by atoms with E-state index in [0.29, 0.717) is 12.8 Å². The van der Waals surface area contributed by atoms with Crippen molar-refractivity contribution in [3.05, 3.63) is 18.0 Å². The largest absolute Gasteiger partial charge is 0.388 e. The van der Waals surface area contributed by atoms with Crippen LogP contribution in [0.2, 0.25) is 0 Å². The molecular weight excluding hydrogens is 270 g/mol. The second-order valence-corrected chi connectivity index (χ2v) is 6.54. The molecule has 19 heavy (non-hydrogen) atoms. The van der Waals surface area contributed by atoms with Gasteiger partial charge in [-0.25, -0.2) is 13.6 Å². The minimum absolute atomic E-state index is 0.109. The molecule has 7 nitrogen and oxygen atoms in total. The van der Waals surface area contributed by atoms with E-state index in [2.05, 4.69) is 5.32 Å². The molecule has 0 unspecified atom stereocenters. The summed E-state index contributed by atoms with van der Waals surface area (Å²) in [6, 6.07) is 1.22. The predicted molar refractivity (Wildman–Crippen MR) is 67.9 cm³/mol. The normalized spacial score (nSPS) is 17.8. The number of nitrogens with zero attached hydrogens (tertiary/aromatic N) is 1. The number of nitrogens with one attached hydrogen (secondary N) is 1. The summed E-state index contributed by atoms with van der Waals surface area (Å²) in [6.45, 7) is 0.168. The predicted octanol–water partition coefficient (Wildman–Crippen LogP) is -0.683. The lowest BCUT2D eigenvalue weighted by Gasteiger charge is -2.36. The third-order valence-electron chi connectivity index (χ3n) is 3.40. The summed E-state index contributed by atoms with van der Waals surface area (Å²) >= 11 is 0. The van der Waals surface area contributed by atoms with Crippen LogP contribution in [-0.4, -0.2) is 36.1 Å². The van der Waals surface area contributed by atoms with E-state index in [1.165, 1.54) is 16.8 Å². The highest BCUT2D eigenvalue weighted by atomic mass is 32.2. The average molecular weight is 287 g/mol. The molecule has 0 atom stereocenters. The number of carbonyl (C=O) groups excluding carboxylic acids is 1. The number of nitrogens with two attached hydrogens (primary N) is 1.